The van der Waals surface area contributed by atoms with Gasteiger partial charge in [-0.25, -0.2) is 4.39 Å². The summed E-state index contributed by atoms with van der Waals surface area (Å²) in [6, 6.07) is 4.48. The van der Waals surface area contributed by atoms with E-state index in [9.17, 15) is 4.39 Å². The fraction of sp³-hybridized carbons (Fsp3) is 0.600. The molecule has 106 valence electrons. The van der Waals surface area contributed by atoms with Crippen LogP contribution in [0, 0.1) is 12.7 Å². The van der Waals surface area contributed by atoms with Crippen molar-refractivity contribution in [2.45, 2.75) is 45.7 Å². The molecule has 1 aliphatic rings. The van der Waals surface area contributed by atoms with Gasteiger partial charge in [-0.15, -0.1) is 0 Å². The van der Waals surface area contributed by atoms with E-state index in [4.69, 9.17) is 0 Å². The van der Waals surface area contributed by atoms with Gasteiger partial charge in [0.2, 0.25) is 0 Å². The summed E-state index contributed by atoms with van der Waals surface area (Å²) in [5, 5.41) is 3.57. The van der Waals surface area contributed by atoms with Crippen LogP contribution in [-0.4, -0.2) is 25.2 Å². The highest BCUT2D eigenvalue weighted by molar-refractivity contribution is 9.10. The van der Waals surface area contributed by atoms with E-state index in [-0.39, 0.29) is 5.82 Å². The van der Waals surface area contributed by atoms with E-state index in [1.54, 1.807) is 6.07 Å². The van der Waals surface area contributed by atoms with Crippen LogP contribution in [0.15, 0.2) is 16.6 Å². The molecule has 0 amide bonds. The van der Waals surface area contributed by atoms with E-state index in [0.717, 1.165) is 37.2 Å². The number of hydrogen-bond acceptors (Lipinski definition) is 2. The number of rotatable bonds is 3. The molecule has 0 bridgehead atoms. The third kappa shape index (κ3) is 3.11. The molecule has 0 aromatic heterocycles. The Morgan fingerprint density at radius 2 is 2.11 bits per heavy atom. The summed E-state index contributed by atoms with van der Waals surface area (Å²) in [5.41, 5.74) is 2.16. The number of nitrogens with one attached hydrogen (secondary N) is 1. The Labute approximate surface area is 123 Å². The highest BCUT2D eigenvalue weighted by Gasteiger charge is 2.27. The molecule has 1 aromatic carbocycles. The minimum atomic E-state index is -0.179. The van der Waals surface area contributed by atoms with E-state index in [1.807, 2.05) is 6.07 Å². The van der Waals surface area contributed by atoms with Gasteiger partial charge in [0.1, 0.15) is 5.82 Å². The van der Waals surface area contributed by atoms with Gasteiger partial charge < -0.3 is 10.2 Å². The quantitative estimate of drug-likeness (QED) is 0.906. The van der Waals surface area contributed by atoms with Gasteiger partial charge in [-0.05, 0) is 53.4 Å². The van der Waals surface area contributed by atoms with E-state index in [0.29, 0.717) is 16.6 Å². The van der Waals surface area contributed by atoms with Crippen molar-refractivity contribution in [3.63, 3.8) is 0 Å². The fourth-order valence-electron chi connectivity index (χ4n) is 2.74. The van der Waals surface area contributed by atoms with Gasteiger partial charge >= 0.3 is 0 Å². The van der Waals surface area contributed by atoms with Gasteiger partial charge in [0, 0.05) is 30.9 Å². The van der Waals surface area contributed by atoms with Crippen LogP contribution in [0.5, 0.6) is 0 Å². The second kappa shape index (κ2) is 6.23. The monoisotopic (exact) mass is 328 g/mol. The van der Waals surface area contributed by atoms with Crippen molar-refractivity contribution >= 4 is 21.6 Å². The molecule has 19 heavy (non-hydrogen) atoms. The van der Waals surface area contributed by atoms with Gasteiger partial charge in [0.15, 0.2) is 0 Å². The van der Waals surface area contributed by atoms with Crippen LogP contribution in [0.4, 0.5) is 10.1 Å². The number of hydrogen-bond donors (Lipinski definition) is 1. The molecule has 2 rings (SSSR count). The molecule has 1 N–H and O–H groups in total. The number of anilines is 1. The van der Waals surface area contributed by atoms with Crippen molar-refractivity contribution in [2.75, 3.05) is 18.0 Å². The Hall–Kier alpha value is -0.610. The maximum Gasteiger partial charge on any atom is 0.139 e. The zero-order valence-corrected chi connectivity index (χ0v) is 13.4. The molecule has 2 nitrogen and oxygen atoms in total. The predicted molar refractivity (Wildman–Crippen MR) is 82.3 cm³/mol. The van der Waals surface area contributed by atoms with Crippen molar-refractivity contribution in [1.82, 2.24) is 5.32 Å². The first-order valence-electron chi connectivity index (χ1n) is 7.02. The van der Waals surface area contributed by atoms with Crippen LogP contribution < -0.4 is 10.2 Å². The SMILES string of the molecule is CCC1CN(c2cc(F)c(Br)cc2C)C(CC)CN1. The normalized spacial score (nSPS) is 23.7. The minimum absolute atomic E-state index is 0.179. The smallest absolute Gasteiger partial charge is 0.139 e. The summed E-state index contributed by atoms with van der Waals surface area (Å²) in [7, 11) is 0. The molecular formula is C15H22BrFN2. The van der Waals surface area contributed by atoms with E-state index < -0.39 is 0 Å². The van der Waals surface area contributed by atoms with Crippen molar-refractivity contribution in [1.29, 1.82) is 0 Å². The van der Waals surface area contributed by atoms with Crippen molar-refractivity contribution in [3.05, 3.63) is 28.0 Å². The molecular weight excluding hydrogens is 307 g/mol. The van der Waals surface area contributed by atoms with Gasteiger partial charge in [-0.2, -0.15) is 0 Å². The summed E-state index contributed by atoms with van der Waals surface area (Å²) in [4.78, 5) is 2.37. The molecule has 2 atom stereocenters. The molecule has 2 unspecified atom stereocenters. The van der Waals surface area contributed by atoms with Crippen LogP contribution in [0.2, 0.25) is 0 Å². The third-order valence-corrected chi connectivity index (χ3v) is 4.62. The summed E-state index contributed by atoms with van der Waals surface area (Å²) >= 11 is 3.26. The number of nitrogens with zero attached hydrogens (tertiary/aromatic N) is 1. The van der Waals surface area contributed by atoms with E-state index in [1.165, 1.54) is 0 Å². The van der Waals surface area contributed by atoms with Gasteiger partial charge in [-0.3, -0.25) is 0 Å². The first kappa shape index (κ1) is 14.8. The Morgan fingerprint density at radius 3 is 2.74 bits per heavy atom. The lowest BCUT2D eigenvalue weighted by molar-refractivity contribution is 0.378. The number of piperazine rings is 1. The lowest BCUT2D eigenvalue weighted by Gasteiger charge is -2.42. The third-order valence-electron chi connectivity index (χ3n) is 4.01. The molecule has 4 heteroatoms. The molecule has 1 aromatic rings. The van der Waals surface area contributed by atoms with Crippen molar-refractivity contribution in [3.8, 4) is 0 Å². The Bertz CT molecular complexity index is 450. The standard InChI is InChI=1S/C15H22BrFN2/c1-4-11-9-19(12(5-2)8-18-11)15-7-14(17)13(16)6-10(15)3/h6-7,11-12,18H,4-5,8-9H2,1-3H3. The van der Waals surface area contributed by atoms with Gasteiger partial charge in [0.25, 0.3) is 0 Å². The number of halogens is 2. The minimum Gasteiger partial charge on any atom is -0.365 e. The number of benzene rings is 1. The molecule has 1 fully saturated rings. The lowest BCUT2D eigenvalue weighted by Crippen LogP contribution is -2.56. The van der Waals surface area contributed by atoms with Gasteiger partial charge in [0.05, 0.1) is 4.47 Å². The van der Waals surface area contributed by atoms with Crippen molar-refractivity contribution < 1.29 is 4.39 Å². The van der Waals surface area contributed by atoms with Crippen molar-refractivity contribution in [2.24, 2.45) is 0 Å². The number of aryl methyl sites for hydroxylation is 1. The summed E-state index contributed by atoms with van der Waals surface area (Å²) < 4.78 is 14.4. The van der Waals surface area contributed by atoms with Crippen LogP contribution in [0.3, 0.4) is 0 Å². The summed E-state index contributed by atoms with van der Waals surface area (Å²) in [5.74, 6) is -0.179. The zero-order valence-electron chi connectivity index (χ0n) is 11.8. The van der Waals surface area contributed by atoms with Crippen LogP contribution in [0.1, 0.15) is 32.3 Å². The first-order valence-corrected chi connectivity index (χ1v) is 7.81. The Morgan fingerprint density at radius 1 is 1.37 bits per heavy atom. The summed E-state index contributed by atoms with van der Waals surface area (Å²) in [6.07, 6.45) is 2.17. The highest BCUT2D eigenvalue weighted by atomic mass is 79.9. The molecule has 0 radical (unpaired) electrons. The average Bonchev–Trinajstić information content (AvgIpc) is 2.42. The molecule has 0 aliphatic carbocycles. The largest absolute Gasteiger partial charge is 0.365 e. The molecule has 1 saturated heterocycles. The summed E-state index contributed by atoms with van der Waals surface area (Å²) in [6.45, 7) is 8.37. The van der Waals surface area contributed by atoms with E-state index >= 15 is 0 Å². The lowest BCUT2D eigenvalue weighted by atomic mass is 10.0. The van der Waals surface area contributed by atoms with Gasteiger partial charge in [-0.1, -0.05) is 13.8 Å². The Kier molecular flexibility index (Phi) is 4.85. The first-order chi connectivity index (χ1) is 9.06. The second-order valence-corrected chi connectivity index (χ2v) is 6.13. The maximum absolute atomic E-state index is 13.8. The fourth-order valence-corrected chi connectivity index (χ4v) is 3.20. The second-order valence-electron chi connectivity index (χ2n) is 5.28. The zero-order chi connectivity index (χ0) is 14.0. The average molecular weight is 329 g/mol. The topological polar surface area (TPSA) is 15.3 Å². The van der Waals surface area contributed by atoms with Crippen LogP contribution in [-0.2, 0) is 0 Å². The maximum atomic E-state index is 13.8. The molecule has 1 heterocycles. The van der Waals surface area contributed by atoms with E-state index in [2.05, 4.69) is 46.9 Å². The molecule has 0 spiro atoms. The Balaban J connectivity index is 2.33. The van der Waals surface area contributed by atoms with Crippen LogP contribution in [0.25, 0.3) is 0 Å². The molecule has 1 aliphatic heterocycles. The van der Waals surface area contributed by atoms with Crippen LogP contribution >= 0.6 is 15.9 Å². The highest BCUT2D eigenvalue weighted by Crippen LogP contribution is 2.30. The molecule has 0 saturated carbocycles. The predicted octanol–water partition coefficient (Wildman–Crippen LogP) is 3.86.